The molecule has 0 N–H and O–H groups in total. The van der Waals surface area contributed by atoms with E-state index in [2.05, 4.69) is 23.5 Å². The minimum Gasteiger partial charge on any atom is -0.455 e. The second kappa shape index (κ2) is 8.37. The van der Waals surface area contributed by atoms with E-state index in [1.54, 1.807) is 23.3 Å². The Kier molecular flexibility index (Phi) is 6.09. The van der Waals surface area contributed by atoms with Gasteiger partial charge in [0.1, 0.15) is 0 Å². The summed E-state index contributed by atoms with van der Waals surface area (Å²) in [6.07, 6.45) is 5.65. The van der Waals surface area contributed by atoms with Gasteiger partial charge in [0.25, 0.3) is 5.91 Å². The van der Waals surface area contributed by atoms with Crippen LogP contribution in [0.4, 0.5) is 0 Å². The maximum atomic E-state index is 12.7. The van der Waals surface area contributed by atoms with Crippen LogP contribution in [0, 0.1) is 17.8 Å². The van der Waals surface area contributed by atoms with Crippen molar-refractivity contribution in [2.75, 3.05) is 25.2 Å². The molecule has 3 fully saturated rings. The predicted octanol–water partition coefficient (Wildman–Crippen LogP) is 4.25. The number of hydrogen-bond donors (Lipinski definition) is 0. The van der Waals surface area contributed by atoms with Crippen LogP contribution in [0.3, 0.4) is 0 Å². The lowest BCUT2D eigenvalue weighted by Gasteiger charge is -2.51. The largest absolute Gasteiger partial charge is 0.455 e. The van der Waals surface area contributed by atoms with Crippen LogP contribution in [0.25, 0.3) is 0 Å². The summed E-state index contributed by atoms with van der Waals surface area (Å²) in [5.74, 6) is 3.42. The highest BCUT2D eigenvalue weighted by Crippen LogP contribution is 2.64. The van der Waals surface area contributed by atoms with Crippen LogP contribution in [0.1, 0.15) is 37.0 Å². The lowest BCUT2D eigenvalue weighted by atomic mass is 9.67. The minimum absolute atomic E-state index is 0.0249. The smallest absolute Gasteiger partial charge is 0.309 e. The molecule has 3 aliphatic rings. The molecule has 0 radical (unpaired) electrons. The molecule has 2 bridgehead atoms. The average Bonchev–Trinajstić information content (AvgIpc) is 3.32. The topological polar surface area (TPSA) is 46.6 Å². The molecular weight excluding hydrogens is 398 g/mol. The standard InChI is InChI=1S/C20H27NO3S3/c1-21(12-17-6-3-7-25-17)18(22)13-24-19(23)14-10-15-4-2-5-16(11-14)20(15)26-8-9-27-20/h3,6-7,14-16H,2,4-5,8-13H2,1H3. The highest BCUT2D eigenvalue weighted by molar-refractivity contribution is 8.21. The van der Waals surface area contributed by atoms with Gasteiger partial charge in [-0.1, -0.05) is 12.5 Å². The molecular formula is C20H27NO3S3. The quantitative estimate of drug-likeness (QED) is 0.660. The summed E-state index contributed by atoms with van der Waals surface area (Å²) >= 11 is 5.92. The molecule has 1 aliphatic heterocycles. The summed E-state index contributed by atoms with van der Waals surface area (Å²) in [5.41, 5.74) is 0. The number of hydrogen-bond acceptors (Lipinski definition) is 6. The molecule has 0 aromatic carbocycles. The van der Waals surface area contributed by atoms with E-state index in [4.69, 9.17) is 4.74 Å². The van der Waals surface area contributed by atoms with Gasteiger partial charge < -0.3 is 9.64 Å². The molecule has 1 aromatic rings. The van der Waals surface area contributed by atoms with Crippen LogP contribution in [0.2, 0.25) is 0 Å². The Bertz CT molecular complexity index is 656. The first-order chi connectivity index (χ1) is 13.1. The third kappa shape index (κ3) is 4.06. The molecule has 27 heavy (non-hydrogen) atoms. The van der Waals surface area contributed by atoms with Crippen LogP contribution in [0.5, 0.6) is 0 Å². The van der Waals surface area contributed by atoms with E-state index >= 15 is 0 Å². The van der Waals surface area contributed by atoms with Crippen molar-refractivity contribution >= 4 is 46.7 Å². The zero-order valence-electron chi connectivity index (χ0n) is 15.7. The van der Waals surface area contributed by atoms with Gasteiger partial charge in [0.2, 0.25) is 0 Å². The van der Waals surface area contributed by atoms with E-state index in [0.717, 1.165) is 17.7 Å². The number of carbonyl (C=O) groups excluding carboxylic acids is 2. The van der Waals surface area contributed by atoms with Crippen molar-refractivity contribution in [1.82, 2.24) is 4.90 Å². The van der Waals surface area contributed by atoms with E-state index < -0.39 is 0 Å². The zero-order chi connectivity index (χ0) is 18.9. The van der Waals surface area contributed by atoms with Crippen molar-refractivity contribution in [2.24, 2.45) is 17.8 Å². The Morgan fingerprint density at radius 1 is 1.22 bits per heavy atom. The van der Waals surface area contributed by atoms with Crippen LogP contribution in [-0.2, 0) is 20.9 Å². The summed E-state index contributed by atoms with van der Waals surface area (Å²) < 4.78 is 5.83. The number of esters is 1. The second-order valence-corrected chi connectivity index (χ2v) is 11.9. The molecule has 4 rings (SSSR count). The molecule has 2 saturated carbocycles. The van der Waals surface area contributed by atoms with Crippen molar-refractivity contribution < 1.29 is 14.3 Å². The summed E-state index contributed by atoms with van der Waals surface area (Å²) in [5, 5.41) is 2.00. The van der Waals surface area contributed by atoms with Gasteiger partial charge in [0.05, 0.1) is 16.5 Å². The highest BCUT2D eigenvalue weighted by Gasteiger charge is 2.55. The normalized spacial score (nSPS) is 28.9. The Hall–Kier alpha value is -0.660. The summed E-state index contributed by atoms with van der Waals surface area (Å²) in [6, 6.07) is 3.99. The molecule has 2 atom stereocenters. The van der Waals surface area contributed by atoms with Crippen molar-refractivity contribution in [1.29, 1.82) is 0 Å². The average molecular weight is 426 g/mol. The van der Waals surface area contributed by atoms with Gasteiger partial charge in [0, 0.05) is 23.4 Å². The Morgan fingerprint density at radius 3 is 2.56 bits per heavy atom. The fraction of sp³-hybridized carbons (Fsp3) is 0.700. The molecule has 148 valence electrons. The third-order valence-corrected chi connectivity index (χ3v) is 11.1. The Morgan fingerprint density at radius 2 is 1.93 bits per heavy atom. The van der Waals surface area contributed by atoms with Crippen molar-refractivity contribution in [3.05, 3.63) is 22.4 Å². The number of rotatable bonds is 5. The van der Waals surface area contributed by atoms with E-state index in [9.17, 15) is 9.59 Å². The number of nitrogens with zero attached hydrogens (tertiary/aromatic N) is 1. The molecule has 1 amide bonds. The van der Waals surface area contributed by atoms with E-state index in [1.807, 2.05) is 17.5 Å². The first-order valence-corrected chi connectivity index (χ1v) is 12.6. The van der Waals surface area contributed by atoms with E-state index in [-0.39, 0.29) is 24.4 Å². The van der Waals surface area contributed by atoms with Crippen molar-refractivity contribution in [3.63, 3.8) is 0 Å². The lowest BCUT2D eigenvalue weighted by Crippen LogP contribution is -2.48. The number of thiophene rings is 1. The minimum atomic E-state index is -0.160. The van der Waals surface area contributed by atoms with Gasteiger partial charge >= 0.3 is 5.97 Å². The van der Waals surface area contributed by atoms with Gasteiger partial charge in [-0.25, -0.2) is 0 Å². The number of likely N-dealkylation sites (N-methyl/N-ethyl adjacent to an activating group) is 1. The van der Waals surface area contributed by atoms with E-state index in [0.29, 0.717) is 22.5 Å². The first kappa shape index (κ1) is 19.6. The van der Waals surface area contributed by atoms with E-state index in [1.165, 1.54) is 30.8 Å². The summed E-state index contributed by atoms with van der Waals surface area (Å²) in [4.78, 5) is 27.7. The number of ether oxygens (including phenoxy) is 1. The molecule has 2 heterocycles. The number of carbonyl (C=O) groups is 2. The third-order valence-electron chi connectivity index (χ3n) is 6.19. The summed E-state index contributed by atoms with van der Waals surface area (Å²) in [7, 11) is 1.76. The van der Waals surface area contributed by atoms with Crippen LogP contribution in [0.15, 0.2) is 17.5 Å². The molecule has 1 aromatic heterocycles. The number of thioether (sulfide) groups is 2. The lowest BCUT2D eigenvalue weighted by molar-refractivity contribution is -0.157. The van der Waals surface area contributed by atoms with Crippen LogP contribution in [-0.4, -0.2) is 46.0 Å². The van der Waals surface area contributed by atoms with Gasteiger partial charge in [-0.3, -0.25) is 9.59 Å². The second-order valence-electron chi connectivity index (χ2n) is 7.85. The van der Waals surface area contributed by atoms with Gasteiger partial charge in [0.15, 0.2) is 6.61 Å². The molecule has 4 nitrogen and oxygen atoms in total. The van der Waals surface area contributed by atoms with Gasteiger partial charge in [-0.2, -0.15) is 0 Å². The Labute approximate surface area is 173 Å². The van der Waals surface area contributed by atoms with Crippen molar-refractivity contribution in [2.45, 2.75) is 42.7 Å². The Balaban J connectivity index is 1.29. The van der Waals surface area contributed by atoms with Crippen LogP contribution < -0.4 is 0 Å². The van der Waals surface area contributed by atoms with Gasteiger partial charge in [-0.15, -0.1) is 34.9 Å². The fourth-order valence-corrected chi connectivity index (χ4v) is 9.58. The number of amides is 1. The SMILES string of the molecule is CN(Cc1cccs1)C(=O)COC(=O)C1CC2CCCC(C1)C21SCCS1. The highest BCUT2D eigenvalue weighted by atomic mass is 32.2. The monoisotopic (exact) mass is 425 g/mol. The maximum absolute atomic E-state index is 12.7. The molecule has 1 spiro atoms. The molecule has 2 aliphatic carbocycles. The first-order valence-electron chi connectivity index (χ1n) is 9.79. The molecule has 7 heteroatoms. The van der Waals surface area contributed by atoms with Crippen LogP contribution >= 0.6 is 34.9 Å². The summed E-state index contributed by atoms with van der Waals surface area (Å²) in [6.45, 7) is 0.430. The predicted molar refractivity (Wildman–Crippen MR) is 113 cm³/mol. The zero-order valence-corrected chi connectivity index (χ0v) is 18.2. The molecule has 1 saturated heterocycles. The maximum Gasteiger partial charge on any atom is 0.309 e. The van der Waals surface area contributed by atoms with Crippen molar-refractivity contribution in [3.8, 4) is 0 Å². The molecule has 2 unspecified atom stereocenters. The van der Waals surface area contributed by atoms with Gasteiger partial charge in [-0.05, 0) is 49.0 Å². The fourth-order valence-electron chi connectivity index (χ4n) is 4.89.